The summed E-state index contributed by atoms with van der Waals surface area (Å²) in [5, 5.41) is 1.99. The number of carbonyl (C=O) groups excluding carboxylic acids is 1. The Hall–Kier alpha value is -1.78. The number of hydrogen-bond donors (Lipinski definition) is 1. The molecule has 0 radical (unpaired) electrons. The largest absolute Gasteiger partial charge is 0.445 e. The zero-order valence-corrected chi connectivity index (χ0v) is 16.2. The van der Waals surface area contributed by atoms with Gasteiger partial charge < -0.3 is 10.1 Å². The molecular weight excluding hydrogens is 431 g/mol. The van der Waals surface area contributed by atoms with Crippen molar-refractivity contribution in [2.75, 3.05) is 13.2 Å². The highest BCUT2D eigenvalue weighted by Crippen LogP contribution is 2.55. The molecule has 166 valence electrons. The summed E-state index contributed by atoms with van der Waals surface area (Å²) in [6.45, 7) is -2.92. The first kappa shape index (κ1) is 25.3. The molecule has 6 nitrogen and oxygen atoms in total. The first-order valence-corrected chi connectivity index (χ1v) is 9.95. The number of benzene rings is 1. The molecule has 0 heterocycles. The minimum atomic E-state index is -5.04. The van der Waals surface area contributed by atoms with Crippen LogP contribution in [-0.2, 0) is 25.0 Å². The highest BCUT2D eigenvalue weighted by atomic mass is 31.2. The second kappa shape index (κ2) is 10.8. The molecule has 0 spiro atoms. The van der Waals surface area contributed by atoms with Crippen molar-refractivity contribution in [3.05, 3.63) is 35.9 Å². The number of carbonyl (C=O) groups is 1. The molecule has 0 aliphatic heterocycles. The fraction of sp³-hybridized carbons (Fsp3) is 0.562. The molecule has 1 amide bonds. The number of halogens is 6. The maximum Gasteiger partial charge on any atom is 0.412 e. The van der Waals surface area contributed by atoms with Gasteiger partial charge in [0.25, 0.3) is 0 Å². The lowest BCUT2D eigenvalue weighted by Gasteiger charge is -2.28. The molecule has 0 saturated carbocycles. The maximum absolute atomic E-state index is 12.7. The Balaban J connectivity index is 2.88. The van der Waals surface area contributed by atoms with Crippen molar-refractivity contribution in [3.63, 3.8) is 0 Å². The van der Waals surface area contributed by atoms with Crippen LogP contribution in [0.25, 0.3) is 0 Å². The maximum atomic E-state index is 12.7. The SMILES string of the molecule is CCCC(NC(=O)OCc1ccccc1)P(=O)(OCC(F)(F)F)OCC(F)(F)F. The van der Waals surface area contributed by atoms with E-state index >= 15 is 0 Å². The number of amides is 1. The number of alkyl carbamates (subject to hydrolysis) is 1. The predicted molar refractivity (Wildman–Crippen MR) is 90.1 cm³/mol. The van der Waals surface area contributed by atoms with Gasteiger partial charge in [-0.2, -0.15) is 26.3 Å². The van der Waals surface area contributed by atoms with Crippen LogP contribution in [-0.4, -0.2) is 37.4 Å². The fourth-order valence-corrected chi connectivity index (χ4v) is 3.95. The Bertz CT molecular complexity index is 661. The summed E-state index contributed by atoms with van der Waals surface area (Å²) in [5.74, 6) is -1.76. The summed E-state index contributed by atoms with van der Waals surface area (Å²) in [6, 6.07) is 8.30. The Labute approximate surface area is 163 Å². The quantitative estimate of drug-likeness (QED) is 0.382. The number of nitrogens with one attached hydrogen (secondary N) is 1. The summed E-state index contributed by atoms with van der Waals surface area (Å²) in [6.07, 6.45) is -11.3. The first-order chi connectivity index (χ1) is 13.3. The van der Waals surface area contributed by atoms with Crippen LogP contribution in [0, 0.1) is 0 Å². The minimum absolute atomic E-state index is 0.151. The molecule has 0 aromatic heterocycles. The van der Waals surface area contributed by atoms with Gasteiger partial charge >= 0.3 is 26.0 Å². The van der Waals surface area contributed by atoms with E-state index in [9.17, 15) is 35.7 Å². The van der Waals surface area contributed by atoms with Gasteiger partial charge in [-0.1, -0.05) is 43.7 Å². The van der Waals surface area contributed by atoms with Gasteiger partial charge in [0.05, 0.1) is 0 Å². The van der Waals surface area contributed by atoms with Crippen molar-refractivity contribution < 1.29 is 49.5 Å². The van der Waals surface area contributed by atoms with Gasteiger partial charge in [0.15, 0.2) is 13.2 Å². The van der Waals surface area contributed by atoms with E-state index in [-0.39, 0.29) is 19.4 Å². The molecule has 1 N–H and O–H groups in total. The zero-order valence-electron chi connectivity index (χ0n) is 15.3. The summed E-state index contributed by atoms with van der Waals surface area (Å²) in [7, 11) is -5.04. The topological polar surface area (TPSA) is 73.9 Å². The lowest BCUT2D eigenvalue weighted by molar-refractivity contribution is -0.165. The fourth-order valence-electron chi connectivity index (χ4n) is 2.03. The van der Waals surface area contributed by atoms with Crippen LogP contribution in [0.3, 0.4) is 0 Å². The molecule has 29 heavy (non-hydrogen) atoms. The van der Waals surface area contributed by atoms with Crippen LogP contribution in [0.4, 0.5) is 31.1 Å². The van der Waals surface area contributed by atoms with Gasteiger partial charge in [-0.15, -0.1) is 0 Å². The molecule has 0 bridgehead atoms. The van der Waals surface area contributed by atoms with E-state index in [1.807, 2.05) is 5.32 Å². The minimum Gasteiger partial charge on any atom is -0.445 e. The van der Waals surface area contributed by atoms with Gasteiger partial charge in [0, 0.05) is 0 Å². The molecule has 13 heteroatoms. The smallest absolute Gasteiger partial charge is 0.412 e. The van der Waals surface area contributed by atoms with Crippen molar-refractivity contribution in [2.24, 2.45) is 0 Å². The van der Waals surface area contributed by atoms with Crippen LogP contribution in [0.5, 0.6) is 0 Å². The predicted octanol–water partition coefficient (Wildman–Crippen LogP) is 5.39. The molecule has 1 aromatic rings. The Kier molecular flexibility index (Phi) is 9.44. The highest BCUT2D eigenvalue weighted by Gasteiger charge is 2.44. The Morgan fingerprint density at radius 2 is 1.55 bits per heavy atom. The van der Waals surface area contributed by atoms with E-state index in [1.54, 1.807) is 30.3 Å². The second-order valence-corrected chi connectivity index (χ2v) is 8.05. The third kappa shape index (κ3) is 10.5. The van der Waals surface area contributed by atoms with E-state index < -0.39 is 45.0 Å². The van der Waals surface area contributed by atoms with Gasteiger partial charge in [-0.3, -0.25) is 13.6 Å². The van der Waals surface area contributed by atoms with Crippen molar-refractivity contribution in [2.45, 2.75) is 44.5 Å². The zero-order chi connectivity index (χ0) is 22.1. The number of hydrogen-bond acceptors (Lipinski definition) is 5. The molecule has 0 aliphatic carbocycles. The first-order valence-electron chi connectivity index (χ1n) is 8.34. The summed E-state index contributed by atoms with van der Waals surface area (Å²) >= 11 is 0. The number of alkyl halides is 6. The van der Waals surface area contributed by atoms with Crippen LogP contribution in [0.1, 0.15) is 25.3 Å². The monoisotopic (exact) mass is 451 g/mol. The highest BCUT2D eigenvalue weighted by molar-refractivity contribution is 7.54. The molecule has 1 atom stereocenters. The molecule has 0 fully saturated rings. The van der Waals surface area contributed by atoms with Crippen molar-refractivity contribution in [1.82, 2.24) is 5.32 Å². The van der Waals surface area contributed by atoms with Crippen LogP contribution < -0.4 is 5.32 Å². The molecule has 1 rings (SSSR count). The summed E-state index contributed by atoms with van der Waals surface area (Å²) in [5.41, 5.74) is 0.583. The van der Waals surface area contributed by atoms with E-state index in [1.165, 1.54) is 6.92 Å². The number of rotatable bonds is 10. The van der Waals surface area contributed by atoms with E-state index in [0.717, 1.165) is 0 Å². The molecule has 0 saturated heterocycles. The Morgan fingerprint density at radius 3 is 2.00 bits per heavy atom. The van der Waals surface area contributed by atoms with Crippen molar-refractivity contribution in [1.29, 1.82) is 0 Å². The lowest BCUT2D eigenvalue weighted by Crippen LogP contribution is -2.37. The molecule has 1 unspecified atom stereocenters. The van der Waals surface area contributed by atoms with E-state index in [2.05, 4.69) is 9.05 Å². The van der Waals surface area contributed by atoms with Gasteiger partial charge in [-0.05, 0) is 12.0 Å². The molecule has 1 aromatic carbocycles. The normalized spacial score (nSPS) is 13.8. The van der Waals surface area contributed by atoms with E-state index in [4.69, 9.17) is 4.74 Å². The average Bonchev–Trinajstić information content (AvgIpc) is 2.62. The number of ether oxygens (including phenoxy) is 1. The third-order valence-electron chi connectivity index (χ3n) is 3.26. The molecular formula is C16H20F6NO5P. The summed E-state index contributed by atoms with van der Waals surface area (Å²) < 4.78 is 101. The molecule has 0 aliphatic rings. The van der Waals surface area contributed by atoms with Gasteiger partial charge in [0.2, 0.25) is 0 Å². The second-order valence-electron chi connectivity index (χ2n) is 5.83. The van der Waals surface area contributed by atoms with Crippen LogP contribution in [0.2, 0.25) is 0 Å². The van der Waals surface area contributed by atoms with Gasteiger partial charge in [-0.25, -0.2) is 4.79 Å². The van der Waals surface area contributed by atoms with Crippen molar-refractivity contribution in [3.8, 4) is 0 Å². The van der Waals surface area contributed by atoms with Crippen LogP contribution >= 0.6 is 7.60 Å². The van der Waals surface area contributed by atoms with Crippen molar-refractivity contribution >= 4 is 13.7 Å². The van der Waals surface area contributed by atoms with Gasteiger partial charge in [0.1, 0.15) is 12.4 Å². The third-order valence-corrected chi connectivity index (χ3v) is 5.39. The van der Waals surface area contributed by atoms with Crippen LogP contribution in [0.15, 0.2) is 30.3 Å². The summed E-state index contributed by atoms with van der Waals surface area (Å²) in [4.78, 5) is 11.9. The standard InChI is InChI=1S/C16H20F6NO5P/c1-2-6-13(23-14(24)26-9-12-7-4-3-5-8-12)29(25,27-10-15(17,18)19)28-11-16(20,21)22/h3-5,7-8,13H,2,6,9-11H2,1H3,(H,23,24). The average molecular weight is 451 g/mol. The Morgan fingerprint density at radius 1 is 1.03 bits per heavy atom. The van der Waals surface area contributed by atoms with E-state index in [0.29, 0.717) is 5.56 Å². The lowest BCUT2D eigenvalue weighted by atomic mass is 10.2.